The SMILES string of the molecule is O=C(NCc1cccs1)N1CCCC1. The summed E-state index contributed by atoms with van der Waals surface area (Å²) < 4.78 is 0. The number of hydrogen-bond acceptors (Lipinski definition) is 2. The van der Waals surface area contributed by atoms with Crippen molar-refractivity contribution < 1.29 is 4.79 Å². The first-order valence-electron chi connectivity index (χ1n) is 4.91. The zero-order valence-electron chi connectivity index (χ0n) is 8.03. The van der Waals surface area contributed by atoms with Gasteiger partial charge in [-0.1, -0.05) is 6.07 Å². The molecule has 0 spiro atoms. The first-order chi connectivity index (χ1) is 6.86. The number of likely N-dealkylation sites (tertiary alicyclic amines) is 1. The van der Waals surface area contributed by atoms with Crippen molar-refractivity contribution in [2.24, 2.45) is 0 Å². The van der Waals surface area contributed by atoms with Crippen LogP contribution >= 0.6 is 11.3 Å². The Balaban J connectivity index is 1.77. The summed E-state index contributed by atoms with van der Waals surface area (Å²) in [5.41, 5.74) is 0. The molecule has 1 aliphatic heterocycles. The highest BCUT2D eigenvalue weighted by molar-refractivity contribution is 7.09. The highest BCUT2D eigenvalue weighted by Gasteiger charge is 2.16. The maximum absolute atomic E-state index is 11.6. The van der Waals surface area contributed by atoms with E-state index in [2.05, 4.69) is 5.32 Å². The molecule has 0 unspecified atom stereocenters. The highest BCUT2D eigenvalue weighted by Crippen LogP contribution is 2.09. The van der Waals surface area contributed by atoms with E-state index in [9.17, 15) is 4.79 Å². The van der Waals surface area contributed by atoms with E-state index in [4.69, 9.17) is 0 Å². The van der Waals surface area contributed by atoms with E-state index in [-0.39, 0.29) is 6.03 Å². The Morgan fingerprint density at radius 3 is 2.93 bits per heavy atom. The monoisotopic (exact) mass is 210 g/mol. The van der Waals surface area contributed by atoms with E-state index < -0.39 is 0 Å². The van der Waals surface area contributed by atoms with Crippen LogP contribution in [0.5, 0.6) is 0 Å². The first kappa shape index (κ1) is 9.52. The molecule has 4 heteroatoms. The molecule has 1 N–H and O–H groups in total. The molecular formula is C10H14N2OS. The Morgan fingerprint density at radius 2 is 2.29 bits per heavy atom. The Morgan fingerprint density at radius 1 is 1.50 bits per heavy atom. The van der Waals surface area contributed by atoms with Gasteiger partial charge in [-0.05, 0) is 24.3 Å². The number of nitrogens with one attached hydrogen (secondary N) is 1. The van der Waals surface area contributed by atoms with Gasteiger partial charge in [0.2, 0.25) is 0 Å². The molecule has 1 saturated heterocycles. The average Bonchev–Trinajstić information content (AvgIpc) is 2.87. The number of amides is 2. The van der Waals surface area contributed by atoms with Crippen LogP contribution in [0.4, 0.5) is 4.79 Å². The molecule has 3 nitrogen and oxygen atoms in total. The van der Waals surface area contributed by atoms with Crippen LogP contribution < -0.4 is 5.32 Å². The summed E-state index contributed by atoms with van der Waals surface area (Å²) in [5, 5.41) is 4.95. The molecule has 1 aliphatic rings. The Bertz CT molecular complexity index is 291. The number of thiophene rings is 1. The Kier molecular flexibility index (Phi) is 3.03. The number of carbonyl (C=O) groups is 1. The molecule has 0 atom stereocenters. The van der Waals surface area contributed by atoms with Gasteiger partial charge < -0.3 is 10.2 Å². The average molecular weight is 210 g/mol. The number of rotatable bonds is 2. The molecule has 2 heterocycles. The third-order valence-corrected chi connectivity index (χ3v) is 3.26. The summed E-state index contributed by atoms with van der Waals surface area (Å²) >= 11 is 1.67. The number of urea groups is 1. The molecule has 2 amide bonds. The first-order valence-corrected chi connectivity index (χ1v) is 5.79. The van der Waals surface area contributed by atoms with Crippen LogP contribution in [-0.4, -0.2) is 24.0 Å². The van der Waals surface area contributed by atoms with E-state index in [0.29, 0.717) is 6.54 Å². The van der Waals surface area contributed by atoms with Crippen LogP contribution in [0, 0.1) is 0 Å². The van der Waals surface area contributed by atoms with Crippen LogP contribution in [0.15, 0.2) is 17.5 Å². The number of hydrogen-bond donors (Lipinski definition) is 1. The molecule has 2 rings (SSSR count). The molecule has 0 aromatic carbocycles. The van der Waals surface area contributed by atoms with Gasteiger partial charge >= 0.3 is 6.03 Å². The van der Waals surface area contributed by atoms with E-state index >= 15 is 0 Å². The Labute approximate surface area is 87.7 Å². The molecule has 14 heavy (non-hydrogen) atoms. The number of carbonyl (C=O) groups excluding carboxylic acids is 1. The number of nitrogens with zero attached hydrogens (tertiary/aromatic N) is 1. The van der Waals surface area contributed by atoms with Crippen molar-refractivity contribution in [3.8, 4) is 0 Å². The van der Waals surface area contributed by atoms with Crippen LogP contribution in [0.1, 0.15) is 17.7 Å². The molecule has 0 aliphatic carbocycles. The van der Waals surface area contributed by atoms with E-state index in [1.807, 2.05) is 22.4 Å². The second-order valence-corrected chi connectivity index (χ2v) is 4.46. The van der Waals surface area contributed by atoms with Gasteiger partial charge in [0.05, 0.1) is 6.54 Å². The quantitative estimate of drug-likeness (QED) is 0.796. The molecule has 0 saturated carbocycles. The zero-order chi connectivity index (χ0) is 9.80. The van der Waals surface area contributed by atoms with Crippen molar-refractivity contribution in [3.05, 3.63) is 22.4 Å². The van der Waals surface area contributed by atoms with Gasteiger partial charge in [0.25, 0.3) is 0 Å². The summed E-state index contributed by atoms with van der Waals surface area (Å²) in [6.45, 7) is 2.49. The molecule has 0 bridgehead atoms. The Hall–Kier alpha value is -1.03. The maximum Gasteiger partial charge on any atom is 0.317 e. The summed E-state index contributed by atoms with van der Waals surface area (Å²) in [4.78, 5) is 14.6. The molecule has 76 valence electrons. The lowest BCUT2D eigenvalue weighted by Gasteiger charge is -2.15. The largest absolute Gasteiger partial charge is 0.333 e. The van der Waals surface area contributed by atoms with Gasteiger partial charge in [-0.3, -0.25) is 0 Å². The third kappa shape index (κ3) is 2.26. The molecule has 1 aromatic heterocycles. The second-order valence-electron chi connectivity index (χ2n) is 3.43. The summed E-state index contributed by atoms with van der Waals surface area (Å²) in [5.74, 6) is 0. The lowest BCUT2D eigenvalue weighted by Crippen LogP contribution is -2.37. The van der Waals surface area contributed by atoms with E-state index in [0.717, 1.165) is 25.9 Å². The summed E-state index contributed by atoms with van der Waals surface area (Å²) in [6.07, 6.45) is 2.29. The van der Waals surface area contributed by atoms with E-state index in [1.165, 1.54) is 4.88 Å². The molecule has 1 aromatic rings. The lowest BCUT2D eigenvalue weighted by molar-refractivity contribution is 0.208. The normalized spacial score (nSPS) is 15.9. The van der Waals surface area contributed by atoms with Crippen molar-refractivity contribution in [2.45, 2.75) is 19.4 Å². The van der Waals surface area contributed by atoms with Crippen LogP contribution in [-0.2, 0) is 6.54 Å². The fraction of sp³-hybridized carbons (Fsp3) is 0.500. The van der Waals surface area contributed by atoms with Gasteiger partial charge in [-0.2, -0.15) is 0 Å². The van der Waals surface area contributed by atoms with Gasteiger partial charge in [0.15, 0.2) is 0 Å². The fourth-order valence-corrected chi connectivity index (χ4v) is 2.25. The van der Waals surface area contributed by atoms with E-state index in [1.54, 1.807) is 11.3 Å². The minimum absolute atomic E-state index is 0.0795. The minimum Gasteiger partial charge on any atom is -0.333 e. The van der Waals surface area contributed by atoms with Crippen molar-refractivity contribution >= 4 is 17.4 Å². The van der Waals surface area contributed by atoms with Crippen LogP contribution in [0.2, 0.25) is 0 Å². The predicted molar refractivity (Wildman–Crippen MR) is 57.4 cm³/mol. The maximum atomic E-state index is 11.6. The van der Waals surface area contributed by atoms with Gasteiger partial charge in [0.1, 0.15) is 0 Å². The van der Waals surface area contributed by atoms with Gasteiger partial charge in [-0.25, -0.2) is 4.79 Å². The van der Waals surface area contributed by atoms with Crippen molar-refractivity contribution in [3.63, 3.8) is 0 Å². The predicted octanol–water partition coefficient (Wildman–Crippen LogP) is 2.05. The molecular weight excluding hydrogens is 196 g/mol. The van der Waals surface area contributed by atoms with Crippen molar-refractivity contribution in [1.29, 1.82) is 0 Å². The minimum atomic E-state index is 0.0795. The van der Waals surface area contributed by atoms with Crippen molar-refractivity contribution in [1.82, 2.24) is 10.2 Å². The topological polar surface area (TPSA) is 32.3 Å². The lowest BCUT2D eigenvalue weighted by atomic mass is 10.4. The summed E-state index contributed by atoms with van der Waals surface area (Å²) in [6, 6.07) is 4.12. The zero-order valence-corrected chi connectivity index (χ0v) is 8.85. The van der Waals surface area contributed by atoms with Gasteiger partial charge in [0, 0.05) is 18.0 Å². The second kappa shape index (κ2) is 4.46. The van der Waals surface area contributed by atoms with Crippen LogP contribution in [0.25, 0.3) is 0 Å². The van der Waals surface area contributed by atoms with Crippen molar-refractivity contribution in [2.75, 3.05) is 13.1 Å². The van der Waals surface area contributed by atoms with Gasteiger partial charge in [-0.15, -0.1) is 11.3 Å². The third-order valence-electron chi connectivity index (χ3n) is 2.39. The molecule has 0 radical (unpaired) electrons. The summed E-state index contributed by atoms with van der Waals surface area (Å²) in [7, 11) is 0. The highest BCUT2D eigenvalue weighted by atomic mass is 32.1. The van der Waals surface area contributed by atoms with Crippen LogP contribution in [0.3, 0.4) is 0 Å². The smallest absolute Gasteiger partial charge is 0.317 e. The molecule has 1 fully saturated rings. The standard InChI is InChI=1S/C10H14N2OS/c13-10(12-5-1-2-6-12)11-8-9-4-3-7-14-9/h3-4,7H,1-2,5-6,8H2,(H,11,13). The fourth-order valence-electron chi connectivity index (χ4n) is 1.61.